The third-order valence-corrected chi connectivity index (χ3v) is 8.25. The van der Waals surface area contributed by atoms with Crippen LogP contribution < -0.4 is 10.1 Å². The van der Waals surface area contributed by atoms with Crippen LogP contribution >= 0.6 is 0 Å². The van der Waals surface area contributed by atoms with Crippen molar-refractivity contribution < 1.29 is 13.9 Å². The summed E-state index contributed by atoms with van der Waals surface area (Å²) in [7, 11) is 0. The second kappa shape index (κ2) is 9.92. The average molecular weight is 551 g/mol. The van der Waals surface area contributed by atoms with Crippen LogP contribution in [0.15, 0.2) is 67.9 Å². The lowest BCUT2D eigenvalue weighted by atomic mass is 9.70. The number of amides is 1. The van der Waals surface area contributed by atoms with E-state index >= 15 is 4.39 Å². The molecule has 1 N–H and O–H groups in total. The highest BCUT2D eigenvalue weighted by Crippen LogP contribution is 2.45. The van der Waals surface area contributed by atoms with E-state index in [9.17, 15) is 4.79 Å². The number of anilines is 2. The van der Waals surface area contributed by atoms with E-state index < -0.39 is 5.82 Å². The van der Waals surface area contributed by atoms with E-state index in [1.54, 1.807) is 41.9 Å². The van der Waals surface area contributed by atoms with Gasteiger partial charge in [-0.2, -0.15) is 5.10 Å². The molecule has 0 unspecified atom stereocenters. The molecular formula is C30H27FN8O2. The molecule has 0 radical (unpaired) electrons. The third kappa shape index (κ3) is 4.43. The molecule has 0 spiro atoms. The summed E-state index contributed by atoms with van der Waals surface area (Å²) in [6.45, 7) is 6.03. The van der Waals surface area contributed by atoms with Crippen molar-refractivity contribution in [3.05, 3.63) is 85.0 Å². The normalized spacial score (nSPS) is 20.0. The molecule has 2 bridgehead atoms. The minimum Gasteiger partial charge on any atom is -0.457 e. The Morgan fingerprint density at radius 1 is 1.15 bits per heavy atom. The van der Waals surface area contributed by atoms with Crippen LogP contribution in [-0.2, 0) is 4.79 Å². The molecule has 10 nitrogen and oxygen atoms in total. The van der Waals surface area contributed by atoms with E-state index in [0.29, 0.717) is 52.0 Å². The Balaban J connectivity index is 1.15. The fourth-order valence-corrected chi connectivity index (χ4v) is 6.11. The van der Waals surface area contributed by atoms with Gasteiger partial charge in [0.05, 0.1) is 11.2 Å². The van der Waals surface area contributed by atoms with Gasteiger partial charge < -0.3 is 15.0 Å². The Labute approximate surface area is 234 Å². The summed E-state index contributed by atoms with van der Waals surface area (Å²) >= 11 is 0. The molecule has 6 heterocycles. The van der Waals surface area contributed by atoms with Crippen LogP contribution in [0.5, 0.6) is 11.5 Å². The number of nitrogens with one attached hydrogen (secondary N) is 1. The topological polar surface area (TPSA) is 110 Å². The number of benzene rings is 1. The molecule has 3 atom stereocenters. The first-order chi connectivity index (χ1) is 20.0. The number of nitrogens with zero attached hydrogens (tertiary/aromatic N) is 7. The summed E-state index contributed by atoms with van der Waals surface area (Å²) in [6.07, 6.45) is 8.94. The highest BCUT2D eigenvalue weighted by molar-refractivity contribution is 5.88. The van der Waals surface area contributed by atoms with E-state index in [4.69, 9.17) is 9.72 Å². The minimum atomic E-state index is -0.453. The Morgan fingerprint density at radius 2 is 2.05 bits per heavy atom. The number of ether oxygens (including phenoxy) is 1. The van der Waals surface area contributed by atoms with Gasteiger partial charge in [0.1, 0.15) is 29.7 Å². The van der Waals surface area contributed by atoms with Gasteiger partial charge in [-0.3, -0.25) is 4.79 Å². The molecule has 3 fully saturated rings. The zero-order chi connectivity index (χ0) is 28.1. The SMILES string of the molecule is C=CC(=O)N1C[C@H]2CC[C@@H]1C[C@H]2c1ccc2ncnc(Nc3ccc(Oc4ccn5ncnc5c4)c(C)c3F)c2n1. The van der Waals surface area contributed by atoms with Crippen LogP contribution in [0, 0.1) is 18.7 Å². The predicted octanol–water partition coefficient (Wildman–Crippen LogP) is 5.33. The van der Waals surface area contributed by atoms with Crippen molar-refractivity contribution in [1.82, 2.24) is 34.4 Å². The fraction of sp³-hybridized carbons (Fsp3) is 0.267. The standard InChI is InChI=1S/C30H27FN8O2/c1-3-27(40)38-14-18-4-5-19(38)12-21(18)22-6-7-24-29(36-22)30(34-15-32-24)37-23-8-9-25(17(2)28(23)31)41-20-10-11-39-26(13-20)33-16-35-39/h3,6-11,13,15-16,18-19,21H,1,4-5,12,14H2,2H3,(H,32,34,37)/t18-,19-,21-/m1/s1. The Bertz CT molecular complexity index is 1820. The molecule has 41 heavy (non-hydrogen) atoms. The smallest absolute Gasteiger partial charge is 0.246 e. The maximum absolute atomic E-state index is 15.6. The lowest BCUT2D eigenvalue weighted by Crippen LogP contribution is -2.53. The van der Waals surface area contributed by atoms with E-state index in [1.807, 2.05) is 17.0 Å². The summed E-state index contributed by atoms with van der Waals surface area (Å²) < 4.78 is 23.2. The van der Waals surface area contributed by atoms with Crippen molar-refractivity contribution >= 4 is 34.1 Å². The van der Waals surface area contributed by atoms with Crippen molar-refractivity contribution in [1.29, 1.82) is 0 Å². The molecule has 2 aliphatic heterocycles. The molecule has 1 aliphatic carbocycles. The zero-order valence-electron chi connectivity index (χ0n) is 22.4. The lowest BCUT2D eigenvalue weighted by molar-refractivity contribution is -0.134. The van der Waals surface area contributed by atoms with Gasteiger partial charge in [0.15, 0.2) is 17.3 Å². The van der Waals surface area contributed by atoms with Gasteiger partial charge in [-0.1, -0.05) is 6.58 Å². The first kappa shape index (κ1) is 25.1. The van der Waals surface area contributed by atoms with Crippen LogP contribution in [0.4, 0.5) is 15.9 Å². The van der Waals surface area contributed by atoms with Crippen molar-refractivity contribution in [2.75, 3.05) is 11.9 Å². The van der Waals surface area contributed by atoms with Crippen molar-refractivity contribution in [3.63, 3.8) is 0 Å². The maximum Gasteiger partial charge on any atom is 0.246 e. The maximum atomic E-state index is 15.6. The highest BCUT2D eigenvalue weighted by atomic mass is 19.1. The molecule has 8 rings (SSSR count). The molecule has 1 amide bonds. The number of hydrogen-bond acceptors (Lipinski definition) is 8. The van der Waals surface area contributed by atoms with Crippen molar-refractivity contribution in [3.8, 4) is 11.5 Å². The number of carbonyl (C=O) groups excluding carboxylic acids is 1. The largest absolute Gasteiger partial charge is 0.457 e. The van der Waals surface area contributed by atoms with E-state index in [-0.39, 0.29) is 23.6 Å². The number of carbonyl (C=O) groups is 1. The van der Waals surface area contributed by atoms with Gasteiger partial charge in [0.2, 0.25) is 5.91 Å². The highest BCUT2D eigenvalue weighted by Gasteiger charge is 2.42. The van der Waals surface area contributed by atoms with E-state index in [1.165, 1.54) is 18.7 Å². The van der Waals surface area contributed by atoms with Gasteiger partial charge in [0.25, 0.3) is 0 Å². The quantitative estimate of drug-likeness (QED) is 0.283. The molecule has 11 heteroatoms. The van der Waals surface area contributed by atoms with Crippen molar-refractivity contribution in [2.24, 2.45) is 5.92 Å². The van der Waals surface area contributed by atoms with E-state index in [0.717, 1.165) is 25.0 Å². The molecule has 2 saturated heterocycles. The predicted molar refractivity (Wildman–Crippen MR) is 151 cm³/mol. The molecule has 206 valence electrons. The zero-order valence-corrected chi connectivity index (χ0v) is 22.4. The van der Waals surface area contributed by atoms with Crippen LogP contribution in [0.1, 0.15) is 36.4 Å². The molecule has 5 aromatic rings. The Hall–Kier alpha value is -4.93. The number of hydrogen-bond donors (Lipinski definition) is 1. The Morgan fingerprint density at radius 3 is 2.88 bits per heavy atom. The number of rotatable bonds is 6. The molecular weight excluding hydrogens is 523 g/mol. The van der Waals surface area contributed by atoms with E-state index in [2.05, 4.69) is 31.9 Å². The number of fused-ring (bicyclic) bond motifs is 5. The van der Waals surface area contributed by atoms with Gasteiger partial charge in [-0.25, -0.2) is 28.8 Å². The van der Waals surface area contributed by atoms with Gasteiger partial charge >= 0.3 is 0 Å². The van der Waals surface area contributed by atoms with Gasteiger partial charge in [-0.05, 0) is 68.5 Å². The Kier molecular flexibility index (Phi) is 6.06. The number of piperidine rings is 2. The summed E-state index contributed by atoms with van der Waals surface area (Å²) in [5.41, 5.74) is 3.41. The summed E-state index contributed by atoms with van der Waals surface area (Å²) in [6, 6.07) is 11.0. The van der Waals surface area contributed by atoms with Crippen molar-refractivity contribution in [2.45, 2.75) is 38.1 Å². The monoisotopic (exact) mass is 550 g/mol. The first-order valence-corrected chi connectivity index (χ1v) is 13.6. The summed E-state index contributed by atoms with van der Waals surface area (Å²) in [5.74, 6) is 1.44. The van der Waals surface area contributed by atoms with Crippen LogP contribution in [0.25, 0.3) is 16.7 Å². The van der Waals surface area contributed by atoms with Crippen LogP contribution in [-0.4, -0.2) is 52.9 Å². The second-order valence-electron chi connectivity index (χ2n) is 10.6. The number of pyridine rings is 2. The number of halogens is 1. The second-order valence-corrected chi connectivity index (χ2v) is 10.6. The first-order valence-electron chi connectivity index (χ1n) is 13.6. The molecule has 3 aliphatic rings. The lowest BCUT2D eigenvalue weighted by Gasteiger charge is -2.49. The molecule has 1 saturated carbocycles. The summed E-state index contributed by atoms with van der Waals surface area (Å²) in [5, 5.41) is 7.21. The molecule has 1 aromatic carbocycles. The molecule has 4 aromatic heterocycles. The van der Waals surface area contributed by atoms with Crippen LogP contribution in [0.2, 0.25) is 0 Å². The minimum absolute atomic E-state index is 0.00497. The van der Waals surface area contributed by atoms with Gasteiger partial charge in [0, 0.05) is 42.0 Å². The average Bonchev–Trinajstić information content (AvgIpc) is 3.48. The third-order valence-electron chi connectivity index (χ3n) is 8.25. The van der Waals surface area contributed by atoms with Crippen LogP contribution in [0.3, 0.4) is 0 Å². The fourth-order valence-electron chi connectivity index (χ4n) is 6.11. The summed E-state index contributed by atoms with van der Waals surface area (Å²) in [4.78, 5) is 32.2. The number of aromatic nitrogens is 6. The van der Waals surface area contributed by atoms with Gasteiger partial charge in [-0.15, -0.1) is 0 Å².